The number of thiazole rings is 1. The van der Waals surface area contributed by atoms with E-state index in [1.807, 2.05) is 31.1 Å². The molecule has 0 bridgehead atoms. The number of rotatable bonds is 5. The molecule has 2 aromatic heterocycles. The molecule has 168 valence electrons. The second-order valence-corrected chi connectivity index (χ2v) is 10.3. The molecule has 0 unspecified atom stereocenters. The lowest BCUT2D eigenvalue weighted by molar-refractivity contribution is -0.129. The summed E-state index contributed by atoms with van der Waals surface area (Å²) in [6.07, 6.45) is 0.878. The van der Waals surface area contributed by atoms with Gasteiger partial charge in [0.05, 0.1) is 34.6 Å². The van der Waals surface area contributed by atoms with Gasteiger partial charge in [0.2, 0.25) is 5.91 Å². The summed E-state index contributed by atoms with van der Waals surface area (Å²) in [5, 5.41) is 13.7. The van der Waals surface area contributed by atoms with Gasteiger partial charge in [-0.15, -0.1) is 11.3 Å². The molecule has 1 aliphatic carbocycles. The molecule has 1 saturated carbocycles. The third-order valence-electron chi connectivity index (χ3n) is 6.44. The van der Waals surface area contributed by atoms with Crippen molar-refractivity contribution in [3.63, 3.8) is 0 Å². The van der Waals surface area contributed by atoms with Crippen molar-refractivity contribution in [3.05, 3.63) is 33.3 Å². The van der Waals surface area contributed by atoms with E-state index < -0.39 is 6.10 Å². The van der Waals surface area contributed by atoms with Gasteiger partial charge in [-0.05, 0) is 45.4 Å². The molecule has 2 aromatic rings. The normalized spacial score (nSPS) is 25.7. The first kappa shape index (κ1) is 22.1. The maximum absolute atomic E-state index is 12.8. The Hall–Kier alpha value is -2.06. The first-order valence-electron chi connectivity index (χ1n) is 11.1. The van der Waals surface area contributed by atoms with E-state index >= 15 is 0 Å². The Morgan fingerprint density at radius 3 is 2.39 bits per heavy atom. The lowest BCUT2D eigenvalue weighted by atomic mass is 9.78. The van der Waals surface area contributed by atoms with Gasteiger partial charge in [0.25, 0.3) is 0 Å². The molecular formula is C23H32N4O3S. The number of ether oxygens (including phenoxy) is 1. The van der Waals surface area contributed by atoms with Crippen LogP contribution in [0.4, 0.5) is 0 Å². The molecule has 0 spiro atoms. The van der Waals surface area contributed by atoms with Gasteiger partial charge in [-0.25, -0.2) is 15.0 Å². The Morgan fingerprint density at radius 1 is 1.16 bits per heavy atom. The molecule has 1 amide bonds. The quantitative estimate of drug-likeness (QED) is 0.762. The third-order valence-corrected chi connectivity index (χ3v) is 7.27. The first-order valence-corrected chi connectivity index (χ1v) is 12.0. The predicted octanol–water partition coefficient (Wildman–Crippen LogP) is 3.20. The predicted molar refractivity (Wildman–Crippen MR) is 119 cm³/mol. The van der Waals surface area contributed by atoms with Crippen LogP contribution < -0.4 is 4.74 Å². The van der Waals surface area contributed by atoms with Crippen molar-refractivity contribution in [1.29, 1.82) is 0 Å². The fourth-order valence-corrected chi connectivity index (χ4v) is 5.40. The number of hydrogen-bond donors (Lipinski definition) is 1. The zero-order chi connectivity index (χ0) is 22.3. The van der Waals surface area contributed by atoms with Gasteiger partial charge < -0.3 is 14.7 Å². The standard InChI is InChI=1S/C23H32N4O3S/c1-12(2)23-24-13(3)22(14(4)25-23)30-20-7-17-10-27(9-16(17)6-19(20)28)21(29)8-18-11-31-15(5)26-18/h11-12,16-17,19-20,28H,6-10H2,1-5H3/t16-,17+,19+,20+/m0/s1. The Bertz CT molecular complexity index is 937. The van der Waals surface area contributed by atoms with Gasteiger partial charge in [-0.2, -0.15) is 0 Å². The van der Waals surface area contributed by atoms with Crippen LogP contribution in [0, 0.1) is 32.6 Å². The van der Waals surface area contributed by atoms with Gasteiger partial charge in [0.15, 0.2) is 5.75 Å². The summed E-state index contributed by atoms with van der Waals surface area (Å²) in [6.45, 7) is 11.4. The number of aliphatic hydroxyl groups is 1. The zero-order valence-electron chi connectivity index (χ0n) is 19.0. The highest BCUT2D eigenvalue weighted by atomic mass is 32.1. The summed E-state index contributed by atoms with van der Waals surface area (Å²) in [4.78, 5) is 28.3. The number of aryl methyl sites for hydroxylation is 3. The van der Waals surface area contributed by atoms with Crippen molar-refractivity contribution in [2.75, 3.05) is 13.1 Å². The largest absolute Gasteiger partial charge is 0.484 e. The topological polar surface area (TPSA) is 88.4 Å². The minimum atomic E-state index is -0.555. The van der Waals surface area contributed by atoms with Crippen LogP contribution in [0.5, 0.6) is 5.75 Å². The molecule has 2 aliphatic rings. The summed E-state index contributed by atoms with van der Waals surface area (Å²) in [5.74, 6) is 2.52. The minimum Gasteiger partial charge on any atom is -0.484 e. The maximum atomic E-state index is 12.8. The summed E-state index contributed by atoms with van der Waals surface area (Å²) in [6, 6.07) is 0. The highest BCUT2D eigenvalue weighted by molar-refractivity contribution is 7.09. The highest BCUT2D eigenvalue weighted by Gasteiger charge is 2.44. The smallest absolute Gasteiger partial charge is 0.228 e. The number of amides is 1. The average molecular weight is 445 g/mol. The van der Waals surface area contributed by atoms with E-state index in [1.54, 1.807) is 11.3 Å². The zero-order valence-corrected chi connectivity index (χ0v) is 19.8. The van der Waals surface area contributed by atoms with Gasteiger partial charge in [-0.3, -0.25) is 4.79 Å². The van der Waals surface area contributed by atoms with Crippen LogP contribution in [-0.2, 0) is 11.2 Å². The molecule has 3 heterocycles. The molecule has 1 N–H and O–H groups in total. The van der Waals surface area contributed by atoms with Gasteiger partial charge in [0, 0.05) is 24.4 Å². The molecule has 8 heteroatoms. The number of nitrogens with zero attached hydrogens (tertiary/aromatic N) is 4. The minimum absolute atomic E-state index is 0.121. The average Bonchev–Trinajstić information content (AvgIpc) is 3.29. The van der Waals surface area contributed by atoms with Crippen LogP contribution in [0.3, 0.4) is 0 Å². The van der Waals surface area contributed by atoms with Gasteiger partial charge in [0.1, 0.15) is 11.9 Å². The fourth-order valence-electron chi connectivity index (χ4n) is 4.79. The second-order valence-electron chi connectivity index (χ2n) is 9.29. The lowest BCUT2D eigenvalue weighted by Crippen LogP contribution is -2.42. The van der Waals surface area contributed by atoms with Crippen molar-refractivity contribution < 1.29 is 14.6 Å². The van der Waals surface area contributed by atoms with E-state index in [1.165, 1.54) is 0 Å². The van der Waals surface area contributed by atoms with E-state index in [0.717, 1.165) is 40.9 Å². The van der Waals surface area contributed by atoms with Crippen molar-refractivity contribution >= 4 is 17.2 Å². The molecule has 4 rings (SSSR count). The second kappa shape index (κ2) is 8.82. The summed E-state index contributed by atoms with van der Waals surface area (Å²) >= 11 is 1.57. The van der Waals surface area contributed by atoms with E-state index in [2.05, 4.69) is 28.8 Å². The van der Waals surface area contributed by atoms with Crippen molar-refractivity contribution in [2.45, 2.75) is 72.0 Å². The molecule has 1 saturated heterocycles. The summed E-state index contributed by atoms with van der Waals surface area (Å²) in [5.41, 5.74) is 2.47. The number of hydrogen-bond acceptors (Lipinski definition) is 7. The van der Waals surface area contributed by atoms with Crippen LogP contribution in [-0.4, -0.2) is 56.2 Å². The first-order chi connectivity index (χ1) is 14.7. The summed E-state index contributed by atoms with van der Waals surface area (Å²) in [7, 11) is 0. The summed E-state index contributed by atoms with van der Waals surface area (Å²) < 4.78 is 6.28. The molecule has 0 radical (unpaired) electrons. The SMILES string of the molecule is Cc1nc(CC(=O)N2C[C@H]3C[C@@H](Oc4c(C)nc(C(C)C)nc4C)[C@H](O)C[C@H]3C2)cs1. The molecular weight excluding hydrogens is 412 g/mol. The number of likely N-dealkylation sites (tertiary alicyclic amines) is 1. The Morgan fingerprint density at radius 2 is 1.81 bits per heavy atom. The van der Waals surface area contributed by atoms with Crippen molar-refractivity contribution in [2.24, 2.45) is 11.8 Å². The highest BCUT2D eigenvalue weighted by Crippen LogP contribution is 2.39. The van der Waals surface area contributed by atoms with Crippen molar-refractivity contribution in [1.82, 2.24) is 19.9 Å². The van der Waals surface area contributed by atoms with E-state index in [9.17, 15) is 9.90 Å². The van der Waals surface area contributed by atoms with E-state index in [-0.39, 0.29) is 17.9 Å². The molecule has 2 fully saturated rings. The van der Waals surface area contributed by atoms with E-state index in [4.69, 9.17) is 4.74 Å². The molecule has 1 aliphatic heterocycles. The van der Waals surface area contributed by atoms with Gasteiger partial charge >= 0.3 is 0 Å². The van der Waals surface area contributed by atoms with Crippen LogP contribution in [0.15, 0.2) is 5.38 Å². The number of aromatic nitrogens is 3. The number of fused-ring (bicyclic) bond motifs is 1. The van der Waals surface area contributed by atoms with Crippen LogP contribution in [0.25, 0.3) is 0 Å². The third kappa shape index (κ3) is 4.75. The fraction of sp³-hybridized carbons (Fsp3) is 0.652. The van der Waals surface area contributed by atoms with Crippen molar-refractivity contribution in [3.8, 4) is 5.75 Å². The number of aliphatic hydroxyl groups excluding tert-OH is 1. The lowest BCUT2D eigenvalue weighted by Gasteiger charge is -2.35. The number of carbonyl (C=O) groups excluding carboxylic acids is 1. The maximum Gasteiger partial charge on any atom is 0.228 e. The Kier molecular flexibility index (Phi) is 6.30. The monoisotopic (exact) mass is 444 g/mol. The Balaban J connectivity index is 1.41. The van der Waals surface area contributed by atoms with Crippen LogP contribution in [0.2, 0.25) is 0 Å². The van der Waals surface area contributed by atoms with Crippen LogP contribution in [0.1, 0.15) is 60.5 Å². The number of carbonyl (C=O) groups is 1. The Labute approximate surface area is 187 Å². The van der Waals surface area contributed by atoms with Gasteiger partial charge in [-0.1, -0.05) is 13.8 Å². The molecule has 0 aromatic carbocycles. The molecule has 31 heavy (non-hydrogen) atoms. The molecule has 4 atom stereocenters. The van der Waals surface area contributed by atoms with Crippen LogP contribution >= 0.6 is 11.3 Å². The van der Waals surface area contributed by atoms with E-state index in [0.29, 0.717) is 37.0 Å². The molecule has 7 nitrogen and oxygen atoms in total.